The second-order valence-electron chi connectivity index (χ2n) is 6.04. The van der Waals surface area contributed by atoms with Gasteiger partial charge in [-0.25, -0.2) is 17.5 Å². The minimum Gasteiger partial charge on any atom is -0.496 e. The third kappa shape index (κ3) is 4.20. The van der Waals surface area contributed by atoms with Crippen molar-refractivity contribution in [1.29, 1.82) is 0 Å². The predicted octanol–water partition coefficient (Wildman–Crippen LogP) is 2.21. The first-order valence-corrected chi connectivity index (χ1v) is 9.61. The highest BCUT2D eigenvalue weighted by molar-refractivity contribution is 7.89. The van der Waals surface area contributed by atoms with Crippen molar-refractivity contribution in [1.82, 2.24) is 10.0 Å². The molecule has 3 rings (SSSR count). The molecule has 0 aromatic heterocycles. The molecule has 2 aromatic carbocycles. The molecule has 0 saturated heterocycles. The van der Waals surface area contributed by atoms with Crippen molar-refractivity contribution in [2.24, 2.45) is 0 Å². The van der Waals surface area contributed by atoms with Crippen LogP contribution in [0.15, 0.2) is 47.4 Å². The van der Waals surface area contributed by atoms with Gasteiger partial charge in [0.05, 0.1) is 7.11 Å². The SMILES string of the molecule is COc1ccccc1CNC(=O)c1ccc(F)c(S(=O)(=O)NC2CC2)c1. The molecule has 8 heteroatoms. The lowest BCUT2D eigenvalue weighted by atomic mass is 10.1. The van der Waals surface area contributed by atoms with E-state index < -0.39 is 26.6 Å². The fraction of sp³-hybridized carbons (Fsp3) is 0.278. The second kappa shape index (κ2) is 7.43. The number of carbonyl (C=O) groups is 1. The van der Waals surface area contributed by atoms with Crippen molar-refractivity contribution in [3.05, 3.63) is 59.4 Å². The molecule has 1 amide bonds. The number of hydrogen-bond acceptors (Lipinski definition) is 4. The van der Waals surface area contributed by atoms with Gasteiger partial charge in [-0.3, -0.25) is 4.79 Å². The number of nitrogens with one attached hydrogen (secondary N) is 2. The summed E-state index contributed by atoms with van der Waals surface area (Å²) in [6.07, 6.45) is 1.47. The van der Waals surface area contributed by atoms with Gasteiger partial charge in [0, 0.05) is 23.7 Å². The van der Waals surface area contributed by atoms with Crippen LogP contribution in [0, 0.1) is 5.82 Å². The van der Waals surface area contributed by atoms with E-state index in [1.807, 2.05) is 12.1 Å². The molecule has 2 aromatic rings. The Morgan fingerprint density at radius 1 is 1.23 bits per heavy atom. The Balaban J connectivity index is 1.76. The number of amides is 1. The lowest BCUT2D eigenvalue weighted by Crippen LogP contribution is -2.28. The maximum absolute atomic E-state index is 14.0. The number of ether oxygens (including phenoxy) is 1. The summed E-state index contributed by atoms with van der Waals surface area (Å²) in [5.41, 5.74) is 0.839. The Morgan fingerprint density at radius 2 is 1.96 bits per heavy atom. The van der Waals surface area contributed by atoms with E-state index in [4.69, 9.17) is 4.74 Å². The van der Waals surface area contributed by atoms with E-state index >= 15 is 0 Å². The molecule has 1 saturated carbocycles. The summed E-state index contributed by atoms with van der Waals surface area (Å²) in [4.78, 5) is 11.8. The lowest BCUT2D eigenvalue weighted by molar-refractivity contribution is 0.0950. The smallest absolute Gasteiger partial charge is 0.251 e. The van der Waals surface area contributed by atoms with E-state index in [0.717, 1.165) is 30.5 Å². The maximum Gasteiger partial charge on any atom is 0.251 e. The molecule has 1 aliphatic rings. The monoisotopic (exact) mass is 378 g/mol. The summed E-state index contributed by atoms with van der Waals surface area (Å²) < 4.78 is 46.1. The Labute approximate surface area is 151 Å². The van der Waals surface area contributed by atoms with Crippen molar-refractivity contribution in [2.75, 3.05) is 7.11 Å². The number of halogens is 1. The summed E-state index contributed by atoms with van der Waals surface area (Å²) in [5.74, 6) is -0.762. The highest BCUT2D eigenvalue weighted by atomic mass is 32.2. The summed E-state index contributed by atoms with van der Waals surface area (Å²) in [6, 6.07) is 10.3. The Morgan fingerprint density at radius 3 is 2.65 bits per heavy atom. The topological polar surface area (TPSA) is 84.5 Å². The van der Waals surface area contributed by atoms with Crippen LogP contribution >= 0.6 is 0 Å². The van der Waals surface area contributed by atoms with Crippen molar-refractivity contribution < 1.29 is 22.3 Å². The maximum atomic E-state index is 14.0. The molecule has 2 N–H and O–H groups in total. The van der Waals surface area contributed by atoms with Gasteiger partial charge in [0.15, 0.2) is 0 Å². The van der Waals surface area contributed by atoms with E-state index in [1.54, 1.807) is 12.1 Å². The van der Waals surface area contributed by atoms with Gasteiger partial charge < -0.3 is 10.1 Å². The molecule has 0 heterocycles. The number of benzene rings is 2. The van der Waals surface area contributed by atoms with Crippen LogP contribution in [0.3, 0.4) is 0 Å². The zero-order chi connectivity index (χ0) is 18.7. The van der Waals surface area contributed by atoms with Gasteiger partial charge in [0.1, 0.15) is 16.5 Å². The van der Waals surface area contributed by atoms with Gasteiger partial charge in [-0.2, -0.15) is 0 Å². The second-order valence-corrected chi connectivity index (χ2v) is 7.72. The highest BCUT2D eigenvalue weighted by Gasteiger charge is 2.30. The van der Waals surface area contributed by atoms with E-state index in [2.05, 4.69) is 10.0 Å². The molecule has 0 aliphatic heterocycles. The van der Waals surface area contributed by atoms with Crippen molar-refractivity contribution in [2.45, 2.75) is 30.3 Å². The third-order valence-electron chi connectivity index (χ3n) is 4.01. The Kier molecular flexibility index (Phi) is 5.24. The third-order valence-corrected chi connectivity index (χ3v) is 5.55. The molecule has 0 atom stereocenters. The predicted molar refractivity (Wildman–Crippen MR) is 93.9 cm³/mol. The summed E-state index contributed by atoms with van der Waals surface area (Å²) in [5, 5.41) is 2.68. The first-order chi connectivity index (χ1) is 12.4. The number of methoxy groups -OCH3 is 1. The van der Waals surface area contributed by atoms with Crippen LogP contribution in [-0.4, -0.2) is 27.5 Å². The van der Waals surface area contributed by atoms with Crippen molar-refractivity contribution >= 4 is 15.9 Å². The molecular weight excluding hydrogens is 359 g/mol. The normalized spacial score (nSPS) is 14.1. The minimum atomic E-state index is -3.99. The van der Waals surface area contributed by atoms with Gasteiger partial charge >= 0.3 is 0 Å². The molecular formula is C18H19FN2O4S. The van der Waals surface area contributed by atoms with E-state index in [9.17, 15) is 17.6 Å². The van der Waals surface area contributed by atoms with Gasteiger partial charge in [0.2, 0.25) is 10.0 Å². The summed E-state index contributed by atoms with van der Waals surface area (Å²) >= 11 is 0. The fourth-order valence-electron chi connectivity index (χ4n) is 2.46. The van der Waals surface area contributed by atoms with Crippen molar-refractivity contribution in [3.8, 4) is 5.75 Å². The average molecular weight is 378 g/mol. The first kappa shape index (κ1) is 18.3. The number of sulfonamides is 1. The molecule has 0 unspecified atom stereocenters. The van der Waals surface area contributed by atoms with E-state index in [-0.39, 0.29) is 18.2 Å². The highest BCUT2D eigenvalue weighted by Crippen LogP contribution is 2.24. The molecule has 0 bridgehead atoms. The largest absolute Gasteiger partial charge is 0.496 e. The number of rotatable bonds is 7. The number of para-hydroxylation sites is 1. The van der Waals surface area contributed by atoms with Crippen LogP contribution in [-0.2, 0) is 16.6 Å². The quantitative estimate of drug-likeness (QED) is 0.774. The minimum absolute atomic E-state index is 0.0671. The van der Waals surface area contributed by atoms with E-state index in [1.165, 1.54) is 13.2 Å². The standard InChI is InChI=1S/C18H19FN2O4S/c1-25-16-5-3-2-4-13(16)11-20-18(22)12-6-9-15(19)17(10-12)26(23,24)21-14-7-8-14/h2-6,9-10,14,21H,7-8,11H2,1H3,(H,20,22). The van der Waals surface area contributed by atoms with Gasteiger partial charge in [-0.05, 0) is 37.1 Å². The molecule has 0 spiro atoms. The Bertz CT molecular complexity index is 927. The zero-order valence-corrected chi connectivity index (χ0v) is 15.0. The van der Waals surface area contributed by atoms with Crippen molar-refractivity contribution in [3.63, 3.8) is 0 Å². The van der Waals surface area contributed by atoms with Crippen LogP contribution in [0.1, 0.15) is 28.8 Å². The summed E-state index contributed by atoms with van der Waals surface area (Å²) in [6.45, 7) is 0.197. The van der Waals surface area contributed by atoms with Crippen LogP contribution < -0.4 is 14.8 Å². The number of carbonyl (C=O) groups excluding carboxylic acids is 1. The Hall–Kier alpha value is -2.45. The van der Waals surface area contributed by atoms with Gasteiger partial charge in [-0.1, -0.05) is 18.2 Å². The van der Waals surface area contributed by atoms with Crippen LogP contribution in [0.25, 0.3) is 0 Å². The average Bonchev–Trinajstić information content (AvgIpc) is 3.43. The lowest BCUT2D eigenvalue weighted by Gasteiger charge is -2.11. The van der Waals surface area contributed by atoms with Gasteiger partial charge in [-0.15, -0.1) is 0 Å². The first-order valence-electron chi connectivity index (χ1n) is 8.12. The van der Waals surface area contributed by atoms with Crippen LogP contribution in [0.5, 0.6) is 5.75 Å². The fourth-order valence-corrected chi connectivity index (χ4v) is 3.87. The molecule has 26 heavy (non-hydrogen) atoms. The van der Waals surface area contributed by atoms with E-state index in [0.29, 0.717) is 5.75 Å². The zero-order valence-electron chi connectivity index (χ0n) is 14.2. The van der Waals surface area contributed by atoms with Crippen LogP contribution in [0.4, 0.5) is 4.39 Å². The molecule has 0 radical (unpaired) electrons. The van der Waals surface area contributed by atoms with Gasteiger partial charge in [0.25, 0.3) is 5.91 Å². The number of hydrogen-bond donors (Lipinski definition) is 2. The summed E-state index contributed by atoms with van der Waals surface area (Å²) in [7, 11) is -2.45. The molecule has 138 valence electrons. The molecule has 1 fully saturated rings. The molecule has 6 nitrogen and oxygen atoms in total. The van der Waals surface area contributed by atoms with Crippen LogP contribution in [0.2, 0.25) is 0 Å². The molecule has 1 aliphatic carbocycles.